The number of hydrogen-bond acceptors (Lipinski definition) is 7. The second kappa shape index (κ2) is 4.44. The molecule has 0 saturated carbocycles. The molecule has 0 aliphatic rings. The van der Waals surface area contributed by atoms with Crippen LogP contribution in [-0.2, 0) is 0 Å². The first kappa shape index (κ1) is 10.8. The number of para-hydroxylation sites is 1. The zero-order valence-electron chi connectivity index (χ0n) is 8.78. The molecule has 0 fully saturated rings. The molecule has 0 radical (unpaired) electrons. The number of aromatic nitrogens is 3. The van der Waals surface area contributed by atoms with Crippen molar-refractivity contribution < 1.29 is 5.11 Å². The predicted molar refractivity (Wildman–Crippen MR) is 64.0 cm³/mol. The fraction of sp³-hybridized carbons (Fsp3) is 0. The minimum absolute atomic E-state index is 0.00179. The maximum Gasteiger partial charge on any atom is 0.255 e. The first-order valence-electron chi connectivity index (χ1n) is 4.74. The molecule has 0 amide bonds. The average molecular weight is 230 g/mol. The largest absolute Gasteiger partial charge is 0.507 e. The van der Waals surface area contributed by atoms with Crippen LogP contribution in [0.15, 0.2) is 29.3 Å². The molecule has 1 heterocycles. The Hall–Kier alpha value is -2.70. The molecular formula is C10H10N6O. The first-order valence-corrected chi connectivity index (χ1v) is 4.74. The number of hydrogen-bond donors (Lipinski definition) is 3. The highest BCUT2D eigenvalue weighted by molar-refractivity contribution is 5.84. The van der Waals surface area contributed by atoms with Gasteiger partial charge in [0.2, 0.25) is 11.9 Å². The van der Waals surface area contributed by atoms with Gasteiger partial charge in [0, 0.05) is 11.8 Å². The molecule has 17 heavy (non-hydrogen) atoms. The van der Waals surface area contributed by atoms with Crippen LogP contribution in [0, 0.1) is 0 Å². The molecule has 7 heteroatoms. The van der Waals surface area contributed by atoms with Gasteiger partial charge in [-0.15, -0.1) is 0 Å². The van der Waals surface area contributed by atoms with Gasteiger partial charge in [-0.2, -0.15) is 15.0 Å². The summed E-state index contributed by atoms with van der Waals surface area (Å²) in [5.74, 6) is 0.216. The highest BCUT2D eigenvalue weighted by Gasteiger charge is 2.00. The van der Waals surface area contributed by atoms with Crippen LogP contribution in [0.25, 0.3) is 0 Å². The Kier molecular flexibility index (Phi) is 2.82. The van der Waals surface area contributed by atoms with E-state index < -0.39 is 0 Å². The van der Waals surface area contributed by atoms with Gasteiger partial charge >= 0.3 is 0 Å². The van der Waals surface area contributed by atoms with Crippen LogP contribution >= 0.6 is 0 Å². The fourth-order valence-electron chi connectivity index (χ4n) is 1.18. The molecule has 0 spiro atoms. The van der Waals surface area contributed by atoms with Gasteiger partial charge in [-0.05, 0) is 12.1 Å². The monoisotopic (exact) mass is 230 g/mol. The minimum Gasteiger partial charge on any atom is -0.507 e. The lowest BCUT2D eigenvalue weighted by molar-refractivity contribution is 0.474. The molecule has 2 aromatic rings. The third-order valence-corrected chi connectivity index (χ3v) is 1.91. The summed E-state index contributed by atoms with van der Waals surface area (Å²) in [4.78, 5) is 15.1. The highest BCUT2D eigenvalue weighted by atomic mass is 16.3. The molecule has 7 nitrogen and oxygen atoms in total. The summed E-state index contributed by atoms with van der Waals surface area (Å²) < 4.78 is 0. The Labute approximate surface area is 96.9 Å². The molecule has 0 aliphatic carbocycles. The van der Waals surface area contributed by atoms with Gasteiger partial charge in [0.25, 0.3) is 5.95 Å². The van der Waals surface area contributed by atoms with Gasteiger partial charge in [-0.1, -0.05) is 12.1 Å². The fourth-order valence-corrected chi connectivity index (χ4v) is 1.18. The van der Waals surface area contributed by atoms with Gasteiger partial charge in [0.15, 0.2) is 0 Å². The number of nitrogens with two attached hydrogens (primary N) is 2. The van der Waals surface area contributed by atoms with Crippen LogP contribution in [-0.4, -0.2) is 26.3 Å². The van der Waals surface area contributed by atoms with Gasteiger partial charge in [0.05, 0.1) is 0 Å². The van der Waals surface area contributed by atoms with Crippen molar-refractivity contribution in [3.05, 3.63) is 29.8 Å². The number of anilines is 2. The van der Waals surface area contributed by atoms with Gasteiger partial charge in [-0.3, -0.25) is 0 Å². The molecule has 0 saturated heterocycles. The van der Waals surface area contributed by atoms with Crippen molar-refractivity contribution in [2.24, 2.45) is 4.99 Å². The lowest BCUT2D eigenvalue weighted by Gasteiger charge is -1.98. The molecule has 2 rings (SSSR count). The summed E-state index contributed by atoms with van der Waals surface area (Å²) in [6, 6.07) is 6.74. The molecular weight excluding hydrogens is 220 g/mol. The Morgan fingerprint density at radius 3 is 2.35 bits per heavy atom. The van der Waals surface area contributed by atoms with Crippen molar-refractivity contribution in [2.75, 3.05) is 11.5 Å². The van der Waals surface area contributed by atoms with Gasteiger partial charge in [0.1, 0.15) is 5.75 Å². The van der Waals surface area contributed by atoms with E-state index in [1.165, 1.54) is 6.21 Å². The van der Waals surface area contributed by atoms with E-state index in [1.807, 2.05) is 0 Å². The summed E-state index contributed by atoms with van der Waals surface area (Å²) in [6.45, 7) is 0. The van der Waals surface area contributed by atoms with E-state index in [1.54, 1.807) is 24.3 Å². The molecule has 1 aromatic heterocycles. The van der Waals surface area contributed by atoms with Crippen molar-refractivity contribution in [1.29, 1.82) is 0 Å². The Bertz CT molecular complexity index is 548. The Morgan fingerprint density at radius 2 is 1.71 bits per heavy atom. The van der Waals surface area contributed by atoms with Crippen molar-refractivity contribution in [3.63, 3.8) is 0 Å². The normalized spacial score (nSPS) is 10.8. The third-order valence-electron chi connectivity index (χ3n) is 1.91. The van der Waals surface area contributed by atoms with Crippen LogP contribution in [0.2, 0.25) is 0 Å². The molecule has 5 N–H and O–H groups in total. The van der Waals surface area contributed by atoms with Crippen molar-refractivity contribution in [3.8, 4) is 5.75 Å². The number of rotatable bonds is 2. The zero-order chi connectivity index (χ0) is 12.3. The lowest BCUT2D eigenvalue weighted by atomic mass is 10.2. The molecule has 86 valence electrons. The van der Waals surface area contributed by atoms with E-state index in [4.69, 9.17) is 11.5 Å². The number of nitrogen functional groups attached to an aromatic ring is 2. The second-order valence-electron chi connectivity index (χ2n) is 3.17. The standard InChI is InChI=1S/C10H10N6O/c11-8-14-9(12)16-10(15-8)13-5-6-3-1-2-4-7(6)17/h1-5,17H,(H4,11,12,14,15,16). The van der Waals surface area contributed by atoms with Crippen LogP contribution < -0.4 is 11.5 Å². The third kappa shape index (κ3) is 2.65. The number of nitrogens with zero attached hydrogens (tertiary/aromatic N) is 4. The quantitative estimate of drug-likeness (QED) is 0.645. The van der Waals surface area contributed by atoms with Crippen molar-refractivity contribution in [2.45, 2.75) is 0 Å². The van der Waals surface area contributed by atoms with Crippen molar-refractivity contribution >= 4 is 24.1 Å². The summed E-state index contributed by atoms with van der Waals surface area (Å²) in [7, 11) is 0. The minimum atomic E-state index is 0.00179. The first-order chi connectivity index (χ1) is 8.15. The smallest absolute Gasteiger partial charge is 0.255 e. The summed E-state index contributed by atoms with van der Waals surface area (Å²) in [6.07, 6.45) is 1.42. The molecule has 0 atom stereocenters. The maximum atomic E-state index is 9.50. The van der Waals surface area contributed by atoms with Crippen LogP contribution in [0.3, 0.4) is 0 Å². The molecule has 0 aliphatic heterocycles. The van der Waals surface area contributed by atoms with Gasteiger partial charge < -0.3 is 16.6 Å². The van der Waals surface area contributed by atoms with E-state index in [0.29, 0.717) is 5.56 Å². The van der Waals surface area contributed by atoms with E-state index in [0.717, 1.165) is 0 Å². The maximum absolute atomic E-state index is 9.50. The van der Waals surface area contributed by atoms with E-state index in [9.17, 15) is 5.11 Å². The van der Waals surface area contributed by atoms with Crippen LogP contribution in [0.4, 0.5) is 17.8 Å². The lowest BCUT2D eigenvalue weighted by Crippen LogP contribution is -2.01. The number of phenols is 1. The summed E-state index contributed by atoms with van der Waals surface area (Å²) >= 11 is 0. The summed E-state index contributed by atoms with van der Waals surface area (Å²) in [5.41, 5.74) is 11.3. The zero-order valence-corrected chi connectivity index (χ0v) is 8.78. The van der Waals surface area contributed by atoms with E-state index >= 15 is 0 Å². The summed E-state index contributed by atoms with van der Waals surface area (Å²) in [5, 5.41) is 9.50. The number of aliphatic imine (C=N–C) groups is 1. The molecule has 1 aromatic carbocycles. The average Bonchev–Trinajstić information content (AvgIpc) is 2.27. The van der Waals surface area contributed by atoms with Crippen molar-refractivity contribution in [1.82, 2.24) is 15.0 Å². The molecule has 0 bridgehead atoms. The number of benzene rings is 1. The van der Waals surface area contributed by atoms with Gasteiger partial charge in [-0.25, -0.2) is 4.99 Å². The predicted octanol–water partition coefficient (Wildman–Crippen LogP) is 0.492. The number of phenolic OH excluding ortho intramolecular Hbond substituents is 1. The second-order valence-corrected chi connectivity index (χ2v) is 3.17. The highest BCUT2D eigenvalue weighted by Crippen LogP contribution is 2.14. The Balaban J connectivity index is 2.29. The van der Waals surface area contributed by atoms with Crippen LogP contribution in [0.1, 0.15) is 5.56 Å². The molecule has 0 unspecified atom stereocenters. The topological polar surface area (TPSA) is 123 Å². The Morgan fingerprint density at radius 1 is 1.06 bits per heavy atom. The SMILES string of the molecule is Nc1nc(N)nc(N=Cc2ccccc2O)n1. The van der Waals surface area contributed by atoms with E-state index in [-0.39, 0.29) is 23.6 Å². The van der Waals surface area contributed by atoms with E-state index in [2.05, 4.69) is 19.9 Å². The van der Waals surface area contributed by atoms with Crippen LogP contribution in [0.5, 0.6) is 5.75 Å². The number of aromatic hydroxyl groups is 1.